The number of benzene rings is 1. The third kappa shape index (κ3) is 2.17. The van der Waals surface area contributed by atoms with Gasteiger partial charge in [-0.25, -0.2) is 0 Å². The van der Waals surface area contributed by atoms with Gasteiger partial charge in [-0.05, 0) is 44.2 Å². The van der Waals surface area contributed by atoms with E-state index < -0.39 is 0 Å². The van der Waals surface area contributed by atoms with E-state index in [4.69, 9.17) is 4.74 Å². The third-order valence-electron chi connectivity index (χ3n) is 3.34. The van der Waals surface area contributed by atoms with Crippen LogP contribution < -0.4 is 0 Å². The van der Waals surface area contributed by atoms with Crippen LogP contribution in [0, 0.1) is 13.8 Å². The van der Waals surface area contributed by atoms with Crippen molar-refractivity contribution in [3.05, 3.63) is 34.9 Å². The van der Waals surface area contributed by atoms with Crippen LogP contribution in [0.25, 0.3) is 0 Å². The van der Waals surface area contributed by atoms with Gasteiger partial charge >= 0.3 is 0 Å². The van der Waals surface area contributed by atoms with E-state index in [2.05, 4.69) is 0 Å². The quantitative estimate of drug-likeness (QED) is 0.713. The van der Waals surface area contributed by atoms with Gasteiger partial charge in [0.05, 0.1) is 0 Å². The number of rotatable bonds is 2. The van der Waals surface area contributed by atoms with Crippen molar-refractivity contribution < 1.29 is 9.53 Å². The van der Waals surface area contributed by atoms with Crippen LogP contribution in [-0.4, -0.2) is 18.5 Å². The second kappa shape index (κ2) is 4.79. The highest BCUT2D eigenvalue weighted by atomic mass is 16.5. The Kier molecular flexibility index (Phi) is 3.39. The van der Waals surface area contributed by atoms with E-state index in [1.54, 1.807) is 0 Å². The maximum atomic E-state index is 12.2. The number of ketones is 1. The van der Waals surface area contributed by atoms with Gasteiger partial charge in [0.15, 0.2) is 5.78 Å². The predicted molar refractivity (Wildman–Crippen MR) is 63.8 cm³/mol. The Morgan fingerprint density at radius 3 is 2.81 bits per heavy atom. The summed E-state index contributed by atoms with van der Waals surface area (Å²) in [6, 6.07) is 5.88. The summed E-state index contributed by atoms with van der Waals surface area (Å²) in [4.78, 5) is 12.2. The number of aryl methyl sites for hydroxylation is 1. The van der Waals surface area contributed by atoms with E-state index >= 15 is 0 Å². The molecule has 1 saturated heterocycles. The standard InChI is InChI=1S/C14H18O2/c1-10-6-5-7-12(11(10)2)14(15)13-8-3-4-9-16-13/h5-7,13H,3-4,8-9H2,1-2H3. The molecule has 0 radical (unpaired) electrons. The minimum Gasteiger partial charge on any atom is -0.370 e. The molecule has 1 aliphatic rings. The molecule has 86 valence electrons. The van der Waals surface area contributed by atoms with Crippen molar-refractivity contribution >= 4 is 5.78 Å². The first-order valence-corrected chi connectivity index (χ1v) is 5.92. The van der Waals surface area contributed by atoms with E-state index in [1.165, 1.54) is 5.56 Å². The minimum atomic E-state index is -0.214. The van der Waals surface area contributed by atoms with E-state index in [9.17, 15) is 4.79 Å². The molecule has 1 aromatic carbocycles. The van der Waals surface area contributed by atoms with Gasteiger partial charge in [0.2, 0.25) is 0 Å². The molecule has 1 heterocycles. The monoisotopic (exact) mass is 218 g/mol. The maximum absolute atomic E-state index is 12.2. The minimum absolute atomic E-state index is 0.154. The predicted octanol–water partition coefficient (Wildman–Crippen LogP) is 3.06. The van der Waals surface area contributed by atoms with Gasteiger partial charge in [0.25, 0.3) is 0 Å². The molecule has 0 aromatic heterocycles. The molecule has 1 aliphatic heterocycles. The van der Waals surface area contributed by atoms with Gasteiger partial charge in [0.1, 0.15) is 6.10 Å². The first kappa shape index (κ1) is 11.3. The van der Waals surface area contributed by atoms with Gasteiger partial charge in [-0.15, -0.1) is 0 Å². The van der Waals surface area contributed by atoms with E-state index in [0.717, 1.165) is 37.0 Å². The van der Waals surface area contributed by atoms with E-state index in [1.807, 2.05) is 32.0 Å². The van der Waals surface area contributed by atoms with Crippen LogP contribution in [0.15, 0.2) is 18.2 Å². The van der Waals surface area contributed by atoms with Crippen LogP contribution in [0.3, 0.4) is 0 Å². The molecule has 0 spiro atoms. The van der Waals surface area contributed by atoms with Crippen LogP contribution in [0.2, 0.25) is 0 Å². The molecule has 2 heteroatoms. The molecule has 0 bridgehead atoms. The lowest BCUT2D eigenvalue weighted by molar-refractivity contribution is 0.0186. The zero-order valence-electron chi connectivity index (χ0n) is 9.95. The molecule has 1 aromatic rings. The summed E-state index contributed by atoms with van der Waals surface area (Å²) in [5, 5.41) is 0. The number of carbonyl (C=O) groups is 1. The maximum Gasteiger partial charge on any atom is 0.191 e. The molecule has 0 N–H and O–H groups in total. The van der Waals surface area contributed by atoms with Crippen LogP contribution in [0.1, 0.15) is 40.7 Å². The first-order valence-electron chi connectivity index (χ1n) is 5.92. The van der Waals surface area contributed by atoms with Gasteiger partial charge in [-0.3, -0.25) is 4.79 Å². The molecule has 2 rings (SSSR count). The average Bonchev–Trinajstić information content (AvgIpc) is 2.33. The van der Waals surface area contributed by atoms with E-state index in [0.29, 0.717) is 0 Å². The Hall–Kier alpha value is -1.15. The lowest BCUT2D eigenvalue weighted by atomic mass is 9.94. The topological polar surface area (TPSA) is 26.3 Å². The molecular weight excluding hydrogens is 200 g/mol. The second-order valence-corrected chi connectivity index (χ2v) is 4.47. The number of ether oxygens (including phenoxy) is 1. The van der Waals surface area contributed by atoms with Gasteiger partial charge in [-0.2, -0.15) is 0 Å². The smallest absolute Gasteiger partial charge is 0.191 e. The molecule has 0 saturated carbocycles. The summed E-state index contributed by atoms with van der Waals surface area (Å²) in [5.74, 6) is 0.154. The Balaban J connectivity index is 2.22. The molecule has 1 fully saturated rings. The normalized spacial score (nSPS) is 20.8. The first-order chi connectivity index (χ1) is 7.70. The fourth-order valence-electron chi connectivity index (χ4n) is 2.14. The third-order valence-corrected chi connectivity index (χ3v) is 3.34. The summed E-state index contributed by atoms with van der Waals surface area (Å²) >= 11 is 0. The van der Waals surface area contributed by atoms with Crippen molar-refractivity contribution in [2.45, 2.75) is 39.2 Å². The highest BCUT2D eigenvalue weighted by Crippen LogP contribution is 2.20. The SMILES string of the molecule is Cc1cccc(C(=O)C2CCCCO2)c1C. The molecule has 1 unspecified atom stereocenters. The van der Waals surface area contributed by atoms with Crippen LogP contribution in [-0.2, 0) is 4.74 Å². The van der Waals surface area contributed by atoms with Gasteiger partial charge in [0, 0.05) is 12.2 Å². The fraction of sp³-hybridized carbons (Fsp3) is 0.500. The van der Waals surface area contributed by atoms with Crippen molar-refractivity contribution in [3.8, 4) is 0 Å². The number of hydrogen-bond donors (Lipinski definition) is 0. The lowest BCUT2D eigenvalue weighted by Crippen LogP contribution is -2.28. The molecule has 16 heavy (non-hydrogen) atoms. The van der Waals surface area contributed by atoms with Crippen LogP contribution in [0.5, 0.6) is 0 Å². The van der Waals surface area contributed by atoms with Crippen molar-refractivity contribution in [3.63, 3.8) is 0 Å². The molecular formula is C14H18O2. The number of Topliss-reactive ketones (excluding diaryl/α,β-unsaturated/α-hetero) is 1. The Morgan fingerprint density at radius 1 is 1.31 bits per heavy atom. The largest absolute Gasteiger partial charge is 0.370 e. The van der Waals surface area contributed by atoms with Gasteiger partial charge in [-0.1, -0.05) is 18.2 Å². The lowest BCUT2D eigenvalue weighted by Gasteiger charge is -2.22. The summed E-state index contributed by atoms with van der Waals surface area (Å²) in [6.45, 7) is 4.76. The fourth-order valence-corrected chi connectivity index (χ4v) is 2.14. The van der Waals surface area contributed by atoms with Crippen LogP contribution in [0.4, 0.5) is 0 Å². The van der Waals surface area contributed by atoms with Crippen molar-refractivity contribution in [1.82, 2.24) is 0 Å². The zero-order chi connectivity index (χ0) is 11.5. The summed E-state index contributed by atoms with van der Waals surface area (Å²) < 4.78 is 5.54. The van der Waals surface area contributed by atoms with Gasteiger partial charge < -0.3 is 4.74 Å². The summed E-state index contributed by atoms with van der Waals surface area (Å²) in [5.41, 5.74) is 3.08. The summed E-state index contributed by atoms with van der Waals surface area (Å²) in [7, 11) is 0. The average molecular weight is 218 g/mol. The van der Waals surface area contributed by atoms with Crippen LogP contribution >= 0.6 is 0 Å². The second-order valence-electron chi connectivity index (χ2n) is 4.47. The highest BCUT2D eigenvalue weighted by molar-refractivity contribution is 6.01. The molecule has 0 aliphatic carbocycles. The number of carbonyl (C=O) groups excluding carboxylic acids is 1. The Morgan fingerprint density at radius 2 is 2.12 bits per heavy atom. The van der Waals surface area contributed by atoms with E-state index in [-0.39, 0.29) is 11.9 Å². The Bertz CT molecular complexity index is 390. The van der Waals surface area contributed by atoms with Crippen molar-refractivity contribution in [2.24, 2.45) is 0 Å². The molecule has 2 nitrogen and oxygen atoms in total. The highest BCUT2D eigenvalue weighted by Gasteiger charge is 2.24. The number of hydrogen-bond acceptors (Lipinski definition) is 2. The van der Waals surface area contributed by atoms with Crippen molar-refractivity contribution in [1.29, 1.82) is 0 Å². The Labute approximate surface area is 96.6 Å². The summed E-state index contributed by atoms with van der Waals surface area (Å²) in [6.07, 6.45) is 2.83. The van der Waals surface area contributed by atoms with Crippen molar-refractivity contribution in [2.75, 3.05) is 6.61 Å². The zero-order valence-corrected chi connectivity index (χ0v) is 9.95. The molecule has 1 atom stereocenters. The molecule has 0 amide bonds.